The first kappa shape index (κ1) is 7.92. The van der Waals surface area contributed by atoms with Gasteiger partial charge in [0.2, 0.25) is 5.91 Å². The number of hydrogen-bond acceptors (Lipinski definition) is 2. The maximum Gasteiger partial charge on any atom is 0.235 e. The summed E-state index contributed by atoms with van der Waals surface area (Å²) in [6.45, 7) is 3.69. The van der Waals surface area contributed by atoms with Gasteiger partial charge in [-0.1, -0.05) is 0 Å². The third kappa shape index (κ3) is 1.66. The van der Waals surface area contributed by atoms with Crippen LogP contribution in [0.5, 0.6) is 0 Å². The topological polar surface area (TPSA) is 20.3 Å². The van der Waals surface area contributed by atoms with Gasteiger partial charge in [-0.2, -0.15) is 12.6 Å². The van der Waals surface area contributed by atoms with E-state index in [2.05, 4.69) is 12.6 Å². The van der Waals surface area contributed by atoms with Gasteiger partial charge in [-0.3, -0.25) is 4.79 Å². The van der Waals surface area contributed by atoms with Gasteiger partial charge in [0.1, 0.15) is 0 Å². The average Bonchev–Trinajstić information content (AvgIpc) is 2.36. The minimum absolute atomic E-state index is 0.127. The van der Waals surface area contributed by atoms with Gasteiger partial charge in [0.15, 0.2) is 0 Å². The second-order valence-corrected chi connectivity index (χ2v) is 3.48. The minimum Gasteiger partial charge on any atom is -0.342 e. The lowest BCUT2D eigenvalue weighted by molar-refractivity contribution is -0.129. The summed E-state index contributed by atoms with van der Waals surface area (Å²) in [5.41, 5.74) is 0. The van der Waals surface area contributed by atoms with Crippen LogP contribution in [0.15, 0.2) is 0 Å². The largest absolute Gasteiger partial charge is 0.342 e. The Morgan fingerprint density at radius 2 is 2.00 bits per heavy atom. The van der Waals surface area contributed by atoms with Crippen molar-refractivity contribution in [3.05, 3.63) is 0 Å². The summed E-state index contributed by atoms with van der Waals surface area (Å²) in [5.74, 6) is 0.181. The van der Waals surface area contributed by atoms with Gasteiger partial charge in [-0.25, -0.2) is 0 Å². The lowest BCUT2D eigenvalue weighted by atomic mass is 10.4. The molecule has 1 fully saturated rings. The summed E-state index contributed by atoms with van der Waals surface area (Å²) < 4.78 is 0. The number of rotatable bonds is 1. The van der Waals surface area contributed by atoms with Crippen LogP contribution >= 0.6 is 12.6 Å². The number of hydrogen-bond donors (Lipinski definition) is 1. The molecule has 0 bridgehead atoms. The minimum atomic E-state index is -0.127. The number of likely N-dealkylation sites (tertiary alicyclic amines) is 1. The number of carbonyl (C=O) groups excluding carboxylic acids is 1. The van der Waals surface area contributed by atoms with Crippen LogP contribution < -0.4 is 0 Å². The second kappa shape index (κ2) is 3.28. The molecule has 1 rings (SSSR count). The molecule has 0 spiro atoms. The Hall–Kier alpha value is -0.180. The molecular weight excluding hydrogens is 146 g/mol. The molecule has 10 heavy (non-hydrogen) atoms. The molecule has 2 nitrogen and oxygen atoms in total. The fraction of sp³-hybridized carbons (Fsp3) is 0.857. The fourth-order valence-electron chi connectivity index (χ4n) is 1.20. The molecule has 1 aliphatic heterocycles. The smallest absolute Gasteiger partial charge is 0.235 e. The highest BCUT2D eigenvalue weighted by atomic mass is 32.1. The van der Waals surface area contributed by atoms with E-state index in [-0.39, 0.29) is 11.2 Å². The number of carbonyl (C=O) groups is 1. The quantitative estimate of drug-likeness (QED) is 0.564. The molecule has 3 heteroatoms. The van der Waals surface area contributed by atoms with E-state index in [1.165, 1.54) is 0 Å². The van der Waals surface area contributed by atoms with Crippen LogP contribution in [0.4, 0.5) is 0 Å². The Balaban J connectivity index is 2.40. The fourth-order valence-corrected chi connectivity index (χ4v) is 1.37. The van der Waals surface area contributed by atoms with Gasteiger partial charge >= 0.3 is 0 Å². The molecule has 1 heterocycles. The van der Waals surface area contributed by atoms with Crippen LogP contribution in [0.3, 0.4) is 0 Å². The van der Waals surface area contributed by atoms with Gasteiger partial charge in [0.05, 0.1) is 5.25 Å². The summed E-state index contributed by atoms with van der Waals surface area (Å²) in [7, 11) is 0. The Morgan fingerprint density at radius 3 is 2.40 bits per heavy atom. The second-order valence-electron chi connectivity index (χ2n) is 2.71. The van der Waals surface area contributed by atoms with E-state index in [0.717, 1.165) is 25.9 Å². The van der Waals surface area contributed by atoms with E-state index >= 15 is 0 Å². The highest BCUT2D eigenvalue weighted by Gasteiger charge is 2.20. The highest BCUT2D eigenvalue weighted by molar-refractivity contribution is 7.81. The van der Waals surface area contributed by atoms with Crippen molar-refractivity contribution in [2.24, 2.45) is 0 Å². The molecule has 0 aromatic heterocycles. The van der Waals surface area contributed by atoms with Crippen molar-refractivity contribution in [3.63, 3.8) is 0 Å². The molecule has 0 radical (unpaired) electrons. The molecule has 1 atom stereocenters. The van der Waals surface area contributed by atoms with Crippen molar-refractivity contribution >= 4 is 18.5 Å². The van der Waals surface area contributed by atoms with Gasteiger partial charge in [-0.15, -0.1) is 0 Å². The molecule has 1 unspecified atom stereocenters. The molecule has 58 valence electrons. The predicted molar refractivity (Wildman–Crippen MR) is 44.3 cm³/mol. The van der Waals surface area contributed by atoms with Crippen LogP contribution in [0.2, 0.25) is 0 Å². The monoisotopic (exact) mass is 159 g/mol. The summed E-state index contributed by atoms with van der Waals surface area (Å²) in [6, 6.07) is 0. The Bertz CT molecular complexity index is 130. The lowest BCUT2D eigenvalue weighted by Gasteiger charge is -2.16. The van der Waals surface area contributed by atoms with Crippen molar-refractivity contribution in [1.82, 2.24) is 4.90 Å². The van der Waals surface area contributed by atoms with Crippen LogP contribution in [0, 0.1) is 0 Å². The number of thiol groups is 1. The average molecular weight is 159 g/mol. The Morgan fingerprint density at radius 1 is 1.50 bits per heavy atom. The van der Waals surface area contributed by atoms with E-state index in [4.69, 9.17) is 0 Å². The van der Waals surface area contributed by atoms with Crippen molar-refractivity contribution in [3.8, 4) is 0 Å². The van der Waals surface area contributed by atoms with Crippen LogP contribution in [0.1, 0.15) is 19.8 Å². The van der Waals surface area contributed by atoms with Gasteiger partial charge in [0, 0.05) is 13.1 Å². The zero-order chi connectivity index (χ0) is 7.56. The maximum absolute atomic E-state index is 11.2. The van der Waals surface area contributed by atoms with E-state index < -0.39 is 0 Å². The normalized spacial score (nSPS) is 21.2. The van der Waals surface area contributed by atoms with Crippen LogP contribution in [0.25, 0.3) is 0 Å². The van der Waals surface area contributed by atoms with Crippen LogP contribution in [-0.2, 0) is 4.79 Å². The van der Waals surface area contributed by atoms with E-state index in [1.54, 1.807) is 0 Å². The van der Waals surface area contributed by atoms with Crippen LogP contribution in [-0.4, -0.2) is 29.1 Å². The third-order valence-corrected chi connectivity index (χ3v) is 2.00. The van der Waals surface area contributed by atoms with E-state index in [9.17, 15) is 4.79 Å². The van der Waals surface area contributed by atoms with Gasteiger partial charge in [-0.05, 0) is 19.8 Å². The summed E-state index contributed by atoms with van der Waals surface area (Å²) >= 11 is 4.08. The SMILES string of the molecule is CC(S)C(=O)N1CCCC1. The zero-order valence-electron chi connectivity index (χ0n) is 6.21. The Labute approximate surface area is 67.0 Å². The van der Waals surface area contributed by atoms with Crippen molar-refractivity contribution in [1.29, 1.82) is 0 Å². The summed E-state index contributed by atoms with van der Waals surface area (Å²) in [4.78, 5) is 13.1. The molecule has 0 N–H and O–H groups in total. The van der Waals surface area contributed by atoms with Crippen molar-refractivity contribution < 1.29 is 4.79 Å². The number of nitrogens with zero attached hydrogens (tertiary/aromatic N) is 1. The van der Waals surface area contributed by atoms with E-state index in [1.807, 2.05) is 11.8 Å². The third-order valence-electron chi connectivity index (χ3n) is 1.78. The first-order valence-electron chi connectivity index (χ1n) is 3.68. The number of amides is 1. The predicted octanol–water partition coefficient (Wildman–Crippen LogP) is 0.927. The molecule has 1 amide bonds. The van der Waals surface area contributed by atoms with E-state index in [0.29, 0.717) is 0 Å². The first-order valence-corrected chi connectivity index (χ1v) is 4.20. The molecular formula is C7H13NOS. The molecule has 1 aliphatic rings. The standard InChI is InChI=1S/C7H13NOS/c1-6(10)7(9)8-4-2-3-5-8/h6,10H,2-5H2,1H3. The van der Waals surface area contributed by atoms with Crippen molar-refractivity contribution in [2.75, 3.05) is 13.1 Å². The lowest BCUT2D eigenvalue weighted by Crippen LogP contribution is -2.32. The molecule has 0 aromatic carbocycles. The molecule has 1 saturated heterocycles. The highest BCUT2D eigenvalue weighted by Crippen LogP contribution is 2.10. The molecule has 0 aliphatic carbocycles. The maximum atomic E-state index is 11.2. The first-order chi connectivity index (χ1) is 4.72. The summed E-state index contributed by atoms with van der Waals surface area (Å²) in [5, 5.41) is -0.127. The molecule has 0 saturated carbocycles. The molecule has 0 aromatic rings. The Kier molecular flexibility index (Phi) is 2.60. The van der Waals surface area contributed by atoms with Gasteiger partial charge < -0.3 is 4.90 Å². The summed E-state index contributed by atoms with van der Waals surface area (Å²) in [6.07, 6.45) is 2.32. The zero-order valence-corrected chi connectivity index (χ0v) is 7.10. The van der Waals surface area contributed by atoms with Gasteiger partial charge in [0.25, 0.3) is 0 Å². The van der Waals surface area contributed by atoms with Crippen molar-refractivity contribution in [2.45, 2.75) is 25.0 Å².